The molecule has 0 saturated heterocycles. The van der Waals surface area contributed by atoms with Gasteiger partial charge in [0.15, 0.2) is 0 Å². The average Bonchev–Trinajstić information content (AvgIpc) is 2.90. The van der Waals surface area contributed by atoms with Crippen molar-refractivity contribution < 1.29 is 9.53 Å². The third-order valence-electron chi connectivity index (χ3n) is 1.82. The van der Waals surface area contributed by atoms with Gasteiger partial charge in [-0.05, 0) is 6.07 Å². The van der Waals surface area contributed by atoms with Crippen LogP contribution in [0.1, 0.15) is 0 Å². The Hall–Kier alpha value is -2.11. The van der Waals surface area contributed by atoms with Crippen LogP contribution in [-0.2, 0) is 11.3 Å². The molecule has 0 aromatic carbocycles. The first-order valence-electron chi connectivity index (χ1n) is 4.49. The zero-order chi connectivity index (χ0) is 10.5. The predicted octanol–water partition coefficient (Wildman–Crippen LogP) is 0.764. The summed E-state index contributed by atoms with van der Waals surface area (Å²) in [5.74, 6) is 0. The maximum atomic E-state index is 11.3. The molecule has 0 aliphatic heterocycles. The summed E-state index contributed by atoms with van der Waals surface area (Å²) < 4.78 is 7.96. The van der Waals surface area contributed by atoms with E-state index in [9.17, 15) is 4.79 Å². The minimum Gasteiger partial charge on any atom is -0.447 e. The highest BCUT2D eigenvalue weighted by atomic mass is 16.5. The Bertz CT molecular complexity index is 407. The fraction of sp³-hybridized carbons (Fsp3) is 0.222. The molecule has 0 amide bonds. The highest BCUT2D eigenvalue weighted by Gasteiger charge is 2.03. The van der Waals surface area contributed by atoms with Gasteiger partial charge in [-0.25, -0.2) is 14.3 Å². The second-order valence-electron chi connectivity index (χ2n) is 2.85. The van der Waals surface area contributed by atoms with E-state index in [4.69, 9.17) is 4.74 Å². The first kappa shape index (κ1) is 9.45. The monoisotopic (exact) mass is 206 g/mol. The van der Waals surface area contributed by atoms with E-state index in [1.165, 1.54) is 23.3 Å². The summed E-state index contributed by atoms with van der Waals surface area (Å²) in [5.41, 5.74) is 0. The standard InChI is InChI=1S/C9H10N4O2/c14-9(12-5-3-10-8-12)15-7-6-13-4-1-2-11-13/h1-5,8H,6-7H2. The minimum atomic E-state index is -0.431. The lowest BCUT2D eigenvalue weighted by atomic mass is 10.7. The largest absolute Gasteiger partial charge is 0.447 e. The van der Waals surface area contributed by atoms with Crippen molar-refractivity contribution in [3.63, 3.8) is 0 Å². The molecule has 2 heterocycles. The van der Waals surface area contributed by atoms with E-state index in [0.717, 1.165) is 0 Å². The van der Waals surface area contributed by atoms with Crippen LogP contribution in [0.5, 0.6) is 0 Å². The molecule has 0 radical (unpaired) electrons. The molecular weight excluding hydrogens is 196 g/mol. The van der Waals surface area contributed by atoms with Crippen LogP contribution in [0.4, 0.5) is 4.79 Å². The number of ether oxygens (including phenoxy) is 1. The van der Waals surface area contributed by atoms with Gasteiger partial charge in [0.05, 0.1) is 6.54 Å². The fourth-order valence-corrected chi connectivity index (χ4v) is 1.10. The van der Waals surface area contributed by atoms with Gasteiger partial charge in [-0.3, -0.25) is 4.68 Å². The maximum absolute atomic E-state index is 11.3. The molecule has 2 rings (SSSR count). The molecule has 0 aliphatic carbocycles. The molecular formula is C9H10N4O2. The minimum absolute atomic E-state index is 0.290. The number of carbonyl (C=O) groups excluding carboxylic acids is 1. The van der Waals surface area contributed by atoms with Crippen LogP contribution in [-0.4, -0.2) is 32.0 Å². The SMILES string of the molecule is O=C(OCCn1cccn1)n1ccnc1. The van der Waals surface area contributed by atoms with Crippen molar-refractivity contribution in [2.24, 2.45) is 0 Å². The van der Waals surface area contributed by atoms with E-state index >= 15 is 0 Å². The summed E-state index contributed by atoms with van der Waals surface area (Å²) in [5, 5.41) is 3.98. The Morgan fingerprint density at radius 3 is 2.93 bits per heavy atom. The fourth-order valence-electron chi connectivity index (χ4n) is 1.10. The van der Waals surface area contributed by atoms with Gasteiger partial charge in [0, 0.05) is 24.8 Å². The van der Waals surface area contributed by atoms with Gasteiger partial charge in [-0.1, -0.05) is 0 Å². The highest BCUT2D eigenvalue weighted by molar-refractivity contribution is 5.69. The zero-order valence-electron chi connectivity index (χ0n) is 7.98. The summed E-state index contributed by atoms with van der Waals surface area (Å²) in [7, 11) is 0. The van der Waals surface area contributed by atoms with Crippen molar-refractivity contribution in [3.8, 4) is 0 Å². The van der Waals surface area contributed by atoms with E-state index in [-0.39, 0.29) is 0 Å². The van der Waals surface area contributed by atoms with Crippen molar-refractivity contribution in [1.29, 1.82) is 0 Å². The molecule has 0 saturated carbocycles. The van der Waals surface area contributed by atoms with Crippen molar-refractivity contribution in [2.45, 2.75) is 6.54 Å². The van der Waals surface area contributed by atoms with E-state index < -0.39 is 6.09 Å². The normalized spacial score (nSPS) is 10.1. The van der Waals surface area contributed by atoms with Crippen molar-refractivity contribution in [3.05, 3.63) is 37.2 Å². The molecule has 0 fully saturated rings. The van der Waals surface area contributed by atoms with Crippen LogP contribution in [0.25, 0.3) is 0 Å². The Labute approximate surface area is 86.1 Å². The van der Waals surface area contributed by atoms with E-state index in [0.29, 0.717) is 13.2 Å². The molecule has 6 heteroatoms. The first-order valence-corrected chi connectivity index (χ1v) is 4.49. The van der Waals surface area contributed by atoms with Gasteiger partial charge >= 0.3 is 6.09 Å². The van der Waals surface area contributed by atoms with Crippen molar-refractivity contribution in [2.75, 3.05) is 6.61 Å². The van der Waals surface area contributed by atoms with Crippen LogP contribution >= 0.6 is 0 Å². The number of rotatable bonds is 3. The molecule has 0 atom stereocenters. The lowest BCUT2D eigenvalue weighted by Gasteiger charge is -2.04. The zero-order valence-corrected chi connectivity index (χ0v) is 7.98. The van der Waals surface area contributed by atoms with Gasteiger partial charge in [0.1, 0.15) is 12.9 Å². The quantitative estimate of drug-likeness (QED) is 0.744. The highest BCUT2D eigenvalue weighted by Crippen LogP contribution is 1.91. The van der Waals surface area contributed by atoms with E-state index in [1.807, 2.05) is 12.3 Å². The summed E-state index contributed by atoms with van der Waals surface area (Å²) in [6.07, 6.45) is 7.52. The lowest BCUT2D eigenvalue weighted by molar-refractivity contribution is 0.142. The molecule has 15 heavy (non-hydrogen) atoms. The van der Waals surface area contributed by atoms with Gasteiger partial charge < -0.3 is 4.74 Å². The Morgan fingerprint density at radius 2 is 2.27 bits per heavy atom. The lowest BCUT2D eigenvalue weighted by Crippen LogP contribution is -2.15. The Kier molecular flexibility index (Phi) is 2.77. The second kappa shape index (κ2) is 4.41. The van der Waals surface area contributed by atoms with Crippen LogP contribution < -0.4 is 0 Å². The van der Waals surface area contributed by atoms with Gasteiger partial charge in [-0.15, -0.1) is 0 Å². The third kappa shape index (κ3) is 2.43. The van der Waals surface area contributed by atoms with Crippen molar-refractivity contribution >= 4 is 6.09 Å². The topological polar surface area (TPSA) is 61.9 Å². The molecule has 0 spiro atoms. The maximum Gasteiger partial charge on any atom is 0.419 e. The van der Waals surface area contributed by atoms with Crippen LogP contribution in [0, 0.1) is 0 Å². The number of nitrogens with zero attached hydrogens (tertiary/aromatic N) is 4. The summed E-state index contributed by atoms with van der Waals surface area (Å²) >= 11 is 0. The Balaban J connectivity index is 1.77. The summed E-state index contributed by atoms with van der Waals surface area (Å²) in [6, 6.07) is 1.82. The number of aromatic nitrogens is 4. The molecule has 0 bridgehead atoms. The van der Waals surface area contributed by atoms with Crippen LogP contribution in [0.15, 0.2) is 37.2 Å². The van der Waals surface area contributed by atoms with Gasteiger partial charge in [0.2, 0.25) is 0 Å². The molecule has 78 valence electrons. The van der Waals surface area contributed by atoms with Crippen LogP contribution in [0.3, 0.4) is 0 Å². The smallest absolute Gasteiger partial charge is 0.419 e. The molecule has 0 unspecified atom stereocenters. The Morgan fingerprint density at radius 1 is 1.33 bits per heavy atom. The van der Waals surface area contributed by atoms with Gasteiger partial charge in [-0.2, -0.15) is 5.10 Å². The number of hydrogen-bond acceptors (Lipinski definition) is 4. The predicted molar refractivity (Wildman–Crippen MR) is 51.2 cm³/mol. The number of imidazole rings is 1. The molecule has 2 aromatic heterocycles. The van der Waals surface area contributed by atoms with Crippen LogP contribution in [0.2, 0.25) is 0 Å². The van der Waals surface area contributed by atoms with E-state index in [1.54, 1.807) is 10.9 Å². The van der Waals surface area contributed by atoms with Gasteiger partial charge in [0.25, 0.3) is 0 Å². The molecule has 0 aliphatic rings. The van der Waals surface area contributed by atoms with Crippen molar-refractivity contribution in [1.82, 2.24) is 19.3 Å². The van der Waals surface area contributed by atoms with E-state index in [2.05, 4.69) is 10.1 Å². The second-order valence-corrected chi connectivity index (χ2v) is 2.85. The summed E-state index contributed by atoms with van der Waals surface area (Å²) in [6.45, 7) is 0.839. The summed E-state index contributed by atoms with van der Waals surface area (Å²) in [4.78, 5) is 15.1. The first-order chi connectivity index (χ1) is 7.36. The molecule has 6 nitrogen and oxygen atoms in total. The number of carbonyl (C=O) groups is 1. The molecule has 2 aromatic rings. The average molecular weight is 206 g/mol. The third-order valence-corrected chi connectivity index (χ3v) is 1.82. The molecule has 0 N–H and O–H groups in total. The number of hydrogen-bond donors (Lipinski definition) is 0.